The van der Waals surface area contributed by atoms with Gasteiger partial charge in [0.1, 0.15) is 23.9 Å². The van der Waals surface area contributed by atoms with Crippen LogP contribution in [0.5, 0.6) is 0 Å². The van der Waals surface area contributed by atoms with Gasteiger partial charge in [-0.05, 0) is 19.9 Å². The van der Waals surface area contributed by atoms with Crippen LogP contribution >= 0.6 is 0 Å². The van der Waals surface area contributed by atoms with Crippen molar-refractivity contribution in [1.82, 2.24) is 19.8 Å². The lowest BCUT2D eigenvalue weighted by Gasteiger charge is -2.37. The van der Waals surface area contributed by atoms with Gasteiger partial charge in [0, 0.05) is 18.0 Å². The van der Waals surface area contributed by atoms with Crippen LogP contribution in [-0.2, 0) is 11.3 Å². The van der Waals surface area contributed by atoms with Gasteiger partial charge in [0.2, 0.25) is 0 Å². The minimum Gasteiger partial charge on any atom is -0.388 e. The number of aliphatic hydroxyl groups excluding tert-OH is 2. The molecule has 0 aliphatic carbocycles. The first-order chi connectivity index (χ1) is 11.5. The Morgan fingerprint density at radius 3 is 2.83 bits per heavy atom. The largest absolute Gasteiger partial charge is 0.388 e. The van der Waals surface area contributed by atoms with Gasteiger partial charge in [-0.15, -0.1) is 0 Å². The molecule has 1 aromatic heterocycles. The average Bonchev–Trinajstić information content (AvgIpc) is 2.81. The SMILES string of the molecule is Cc1ncc2c(n1)N=C1C=CN(C3OC(C)C(O)C3O)C(=O)N1C2. The fourth-order valence-corrected chi connectivity index (χ4v) is 3.01. The van der Waals surface area contributed by atoms with Crippen molar-refractivity contribution in [2.45, 2.75) is 44.9 Å². The summed E-state index contributed by atoms with van der Waals surface area (Å²) in [6, 6.07) is -0.382. The first kappa shape index (κ1) is 15.2. The maximum atomic E-state index is 12.8. The maximum absolute atomic E-state index is 12.8. The molecule has 2 amide bonds. The number of fused-ring (bicyclic) bond motifs is 2. The van der Waals surface area contributed by atoms with Crippen LogP contribution in [0.3, 0.4) is 0 Å². The lowest BCUT2D eigenvalue weighted by Crippen LogP contribution is -2.53. The third-order valence-corrected chi connectivity index (χ3v) is 4.37. The van der Waals surface area contributed by atoms with E-state index in [1.807, 2.05) is 0 Å². The van der Waals surface area contributed by atoms with Crippen LogP contribution in [0.2, 0.25) is 0 Å². The zero-order chi connectivity index (χ0) is 17.0. The predicted octanol–water partition coefficient (Wildman–Crippen LogP) is 0.0465. The molecule has 1 saturated heterocycles. The molecular weight excluding hydrogens is 314 g/mol. The summed E-state index contributed by atoms with van der Waals surface area (Å²) < 4.78 is 5.52. The molecule has 4 heterocycles. The molecule has 24 heavy (non-hydrogen) atoms. The molecule has 0 aromatic carbocycles. The third kappa shape index (κ3) is 2.20. The Balaban J connectivity index is 1.66. The van der Waals surface area contributed by atoms with Crippen LogP contribution in [0.4, 0.5) is 10.6 Å². The topological polar surface area (TPSA) is 111 Å². The molecule has 4 unspecified atom stereocenters. The molecule has 4 atom stereocenters. The lowest BCUT2D eigenvalue weighted by molar-refractivity contribution is -0.0525. The van der Waals surface area contributed by atoms with Gasteiger partial charge in [0.25, 0.3) is 0 Å². The fraction of sp³-hybridized carbons (Fsp3) is 0.467. The van der Waals surface area contributed by atoms with E-state index in [0.29, 0.717) is 17.5 Å². The minimum absolute atomic E-state index is 0.287. The van der Waals surface area contributed by atoms with Crippen molar-refractivity contribution in [3.63, 3.8) is 0 Å². The van der Waals surface area contributed by atoms with E-state index in [2.05, 4.69) is 15.0 Å². The van der Waals surface area contributed by atoms with Crippen molar-refractivity contribution in [3.8, 4) is 0 Å². The molecule has 0 bridgehead atoms. The van der Waals surface area contributed by atoms with Gasteiger partial charge in [-0.2, -0.15) is 0 Å². The van der Waals surface area contributed by atoms with Crippen molar-refractivity contribution >= 4 is 17.7 Å². The molecule has 3 aliphatic heterocycles. The summed E-state index contributed by atoms with van der Waals surface area (Å²) in [7, 11) is 0. The summed E-state index contributed by atoms with van der Waals surface area (Å²) in [5.41, 5.74) is 0.745. The van der Waals surface area contributed by atoms with Gasteiger partial charge in [-0.25, -0.2) is 19.8 Å². The number of rotatable bonds is 1. The molecule has 0 spiro atoms. The van der Waals surface area contributed by atoms with E-state index in [4.69, 9.17) is 4.74 Å². The second-order valence-electron chi connectivity index (χ2n) is 6.04. The van der Waals surface area contributed by atoms with E-state index in [-0.39, 0.29) is 12.6 Å². The maximum Gasteiger partial charge on any atom is 0.332 e. The van der Waals surface area contributed by atoms with Gasteiger partial charge in [0.05, 0.1) is 12.6 Å². The van der Waals surface area contributed by atoms with Gasteiger partial charge >= 0.3 is 6.03 Å². The normalized spacial score (nSPS) is 31.8. The second kappa shape index (κ2) is 5.33. The molecule has 2 N–H and O–H groups in total. The summed E-state index contributed by atoms with van der Waals surface area (Å²) in [5, 5.41) is 20.0. The Morgan fingerprint density at radius 1 is 1.33 bits per heavy atom. The van der Waals surface area contributed by atoms with Crippen molar-refractivity contribution < 1.29 is 19.7 Å². The predicted molar refractivity (Wildman–Crippen MR) is 82.1 cm³/mol. The molecule has 0 saturated carbocycles. The number of hydrogen-bond acceptors (Lipinski definition) is 7. The van der Waals surface area contributed by atoms with Crippen LogP contribution in [0.25, 0.3) is 0 Å². The van der Waals surface area contributed by atoms with Crippen molar-refractivity contribution in [2.24, 2.45) is 4.99 Å². The van der Waals surface area contributed by atoms with Gasteiger partial charge in [-0.1, -0.05) is 0 Å². The lowest BCUT2D eigenvalue weighted by atomic mass is 10.1. The molecule has 1 aromatic rings. The van der Waals surface area contributed by atoms with E-state index >= 15 is 0 Å². The zero-order valence-electron chi connectivity index (χ0n) is 13.2. The first-order valence-electron chi connectivity index (χ1n) is 7.66. The average molecular weight is 331 g/mol. The highest BCUT2D eigenvalue weighted by Crippen LogP contribution is 2.30. The first-order valence-corrected chi connectivity index (χ1v) is 7.66. The molecule has 9 nitrogen and oxygen atoms in total. The summed E-state index contributed by atoms with van der Waals surface area (Å²) in [5.74, 6) is 1.65. The summed E-state index contributed by atoms with van der Waals surface area (Å²) >= 11 is 0. The number of aliphatic imine (C=N–C) groups is 1. The highest BCUT2D eigenvalue weighted by Gasteiger charge is 2.46. The Kier molecular flexibility index (Phi) is 3.37. The number of urea groups is 1. The molecule has 1 fully saturated rings. The number of nitrogens with zero attached hydrogens (tertiary/aromatic N) is 5. The molecule has 0 radical (unpaired) electrons. The van der Waals surface area contributed by atoms with E-state index in [1.54, 1.807) is 26.1 Å². The molecular formula is C15H17N5O4. The summed E-state index contributed by atoms with van der Waals surface area (Å²) in [6.45, 7) is 3.71. The smallest absolute Gasteiger partial charge is 0.332 e. The van der Waals surface area contributed by atoms with Crippen LogP contribution < -0.4 is 0 Å². The number of carbonyl (C=O) groups excluding carboxylic acids is 1. The molecule has 126 valence electrons. The number of aryl methyl sites for hydroxylation is 1. The summed E-state index contributed by atoms with van der Waals surface area (Å²) in [6.07, 6.45) is 1.12. The number of aromatic nitrogens is 2. The number of hydrogen-bond donors (Lipinski definition) is 2. The third-order valence-electron chi connectivity index (χ3n) is 4.37. The fourth-order valence-electron chi connectivity index (χ4n) is 3.01. The van der Waals surface area contributed by atoms with Crippen molar-refractivity contribution in [2.75, 3.05) is 0 Å². The highest BCUT2D eigenvalue weighted by atomic mass is 16.6. The van der Waals surface area contributed by atoms with Crippen LogP contribution in [-0.4, -0.2) is 66.4 Å². The number of amidine groups is 1. The van der Waals surface area contributed by atoms with Gasteiger partial charge in [0.15, 0.2) is 12.0 Å². The molecule has 9 heteroatoms. The van der Waals surface area contributed by atoms with Gasteiger partial charge < -0.3 is 14.9 Å². The second-order valence-corrected chi connectivity index (χ2v) is 6.04. The van der Waals surface area contributed by atoms with E-state index in [9.17, 15) is 15.0 Å². The number of aliphatic hydroxyl groups is 2. The zero-order valence-corrected chi connectivity index (χ0v) is 13.2. The van der Waals surface area contributed by atoms with Crippen LogP contribution in [0.15, 0.2) is 23.5 Å². The quantitative estimate of drug-likeness (QED) is 0.752. The van der Waals surface area contributed by atoms with Crippen molar-refractivity contribution in [3.05, 3.63) is 29.9 Å². The molecule has 4 rings (SSSR count). The Labute approximate surface area is 137 Å². The molecule has 3 aliphatic rings. The Morgan fingerprint density at radius 2 is 2.12 bits per heavy atom. The van der Waals surface area contributed by atoms with Crippen molar-refractivity contribution in [1.29, 1.82) is 0 Å². The number of carbonyl (C=O) groups is 1. The van der Waals surface area contributed by atoms with Crippen LogP contribution in [0, 0.1) is 6.92 Å². The van der Waals surface area contributed by atoms with E-state index in [0.717, 1.165) is 5.56 Å². The monoisotopic (exact) mass is 331 g/mol. The Bertz CT molecular complexity index is 764. The van der Waals surface area contributed by atoms with Crippen LogP contribution in [0.1, 0.15) is 18.3 Å². The number of amides is 2. The highest BCUT2D eigenvalue weighted by molar-refractivity contribution is 6.08. The standard InChI is InChI=1S/C15H17N5O4/c1-7-11(21)12(22)14(24-7)19-4-3-10-18-13-9(5-16-8(2)17-13)6-20(10)15(19)23/h3-5,7,11-12,14,21-22H,6H2,1-2H3. The minimum atomic E-state index is -1.17. The van der Waals surface area contributed by atoms with E-state index in [1.165, 1.54) is 16.0 Å². The Hall–Kier alpha value is -2.36. The van der Waals surface area contributed by atoms with E-state index < -0.39 is 24.5 Å². The van der Waals surface area contributed by atoms with Gasteiger partial charge in [-0.3, -0.25) is 9.80 Å². The number of ether oxygens (including phenoxy) is 1. The summed E-state index contributed by atoms with van der Waals surface area (Å²) in [4.78, 5) is 28.3.